The van der Waals surface area contributed by atoms with E-state index < -0.39 is 0 Å². The molecule has 136 valence electrons. The lowest BCUT2D eigenvalue weighted by molar-refractivity contribution is -0.117. The van der Waals surface area contributed by atoms with Gasteiger partial charge in [-0.15, -0.1) is 0 Å². The Bertz CT molecular complexity index is 875. The summed E-state index contributed by atoms with van der Waals surface area (Å²) >= 11 is 1.89. The molecule has 0 aliphatic carbocycles. The van der Waals surface area contributed by atoms with Gasteiger partial charge in [0.1, 0.15) is 12.4 Å². The first-order valence-electron chi connectivity index (χ1n) is 8.34. The number of nitrogens with zero attached hydrogens (tertiary/aromatic N) is 3. The second-order valence-electron chi connectivity index (χ2n) is 5.97. The number of amides is 1. The lowest BCUT2D eigenvalue weighted by atomic mass is 10.1. The van der Waals surface area contributed by atoms with Gasteiger partial charge in [-0.2, -0.15) is 16.9 Å². The van der Waals surface area contributed by atoms with E-state index in [4.69, 9.17) is 0 Å². The molecule has 0 spiro atoms. The third-order valence-electron chi connectivity index (χ3n) is 4.03. The number of nitrogens with one attached hydrogen (secondary N) is 1. The maximum absolute atomic E-state index is 12.3. The van der Waals surface area contributed by atoms with E-state index in [1.165, 1.54) is 17.7 Å². The van der Waals surface area contributed by atoms with Gasteiger partial charge in [-0.3, -0.25) is 14.4 Å². The van der Waals surface area contributed by atoms with Crippen LogP contribution in [0.25, 0.3) is 0 Å². The lowest BCUT2D eigenvalue weighted by Gasteiger charge is -2.27. The molecule has 0 saturated carbocycles. The fourth-order valence-corrected chi connectivity index (χ4v) is 3.57. The Labute approximate surface area is 155 Å². The summed E-state index contributed by atoms with van der Waals surface area (Å²) in [6.45, 7) is 3.04. The number of benzene rings is 1. The van der Waals surface area contributed by atoms with Gasteiger partial charge in [0, 0.05) is 41.9 Å². The minimum atomic E-state index is -0.369. The standard InChI is InChI=1S/C18H20N4O3S/c1-13(23)14-3-2-4-15(11-14)19-17(24)12-22-18(25)6-5-16(20-22)21-7-9-26-10-8-21/h2-6,11H,7-10,12H2,1H3,(H,19,24). The summed E-state index contributed by atoms with van der Waals surface area (Å²) in [6, 6.07) is 9.83. The van der Waals surface area contributed by atoms with Gasteiger partial charge in [0.15, 0.2) is 5.78 Å². The first kappa shape index (κ1) is 18.2. The second-order valence-corrected chi connectivity index (χ2v) is 7.20. The molecule has 0 bridgehead atoms. The largest absolute Gasteiger partial charge is 0.354 e. The lowest BCUT2D eigenvalue weighted by Crippen LogP contribution is -2.36. The summed E-state index contributed by atoms with van der Waals surface area (Å²) in [5, 5.41) is 7.03. The number of thioether (sulfide) groups is 1. The number of rotatable bonds is 5. The van der Waals surface area contributed by atoms with Crippen molar-refractivity contribution in [3.05, 3.63) is 52.3 Å². The predicted molar refractivity (Wildman–Crippen MR) is 103 cm³/mol. The summed E-state index contributed by atoms with van der Waals surface area (Å²) in [5.41, 5.74) is 0.704. The molecule has 2 aromatic rings. The number of anilines is 2. The van der Waals surface area contributed by atoms with E-state index >= 15 is 0 Å². The van der Waals surface area contributed by atoms with Crippen LogP contribution >= 0.6 is 11.8 Å². The Hall–Kier alpha value is -2.61. The Morgan fingerprint density at radius 2 is 1.96 bits per heavy atom. The van der Waals surface area contributed by atoms with Gasteiger partial charge in [-0.25, -0.2) is 4.68 Å². The molecule has 0 atom stereocenters. The normalized spacial score (nSPS) is 14.1. The second kappa shape index (κ2) is 8.18. The van der Waals surface area contributed by atoms with E-state index in [1.54, 1.807) is 30.3 Å². The third kappa shape index (κ3) is 4.51. The molecular formula is C18H20N4O3S. The number of hydrogen-bond donors (Lipinski definition) is 1. The van der Waals surface area contributed by atoms with E-state index in [0.717, 1.165) is 24.6 Å². The van der Waals surface area contributed by atoms with Crippen LogP contribution in [0.5, 0.6) is 0 Å². The zero-order valence-corrected chi connectivity index (χ0v) is 15.3. The van der Waals surface area contributed by atoms with Crippen molar-refractivity contribution in [2.45, 2.75) is 13.5 Å². The van der Waals surface area contributed by atoms with Gasteiger partial charge in [0.05, 0.1) is 0 Å². The Kier molecular flexibility index (Phi) is 5.72. The molecule has 1 saturated heterocycles. The molecule has 3 rings (SSSR count). The van der Waals surface area contributed by atoms with Crippen molar-refractivity contribution in [3.63, 3.8) is 0 Å². The number of carbonyl (C=O) groups excluding carboxylic acids is 2. The average molecular weight is 372 g/mol. The van der Waals surface area contributed by atoms with Crippen LogP contribution in [-0.4, -0.2) is 46.1 Å². The maximum Gasteiger partial charge on any atom is 0.267 e. The molecule has 1 amide bonds. The van der Waals surface area contributed by atoms with Crippen LogP contribution in [-0.2, 0) is 11.3 Å². The van der Waals surface area contributed by atoms with Crippen molar-refractivity contribution in [3.8, 4) is 0 Å². The summed E-state index contributed by atoms with van der Waals surface area (Å²) < 4.78 is 1.17. The summed E-state index contributed by atoms with van der Waals surface area (Å²) in [4.78, 5) is 37.9. The van der Waals surface area contributed by atoms with Crippen LogP contribution in [0.4, 0.5) is 11.5 Å². The summed E-state index contributed by atoms with van der Waals surface area (Å²) in [7, 11) is 0. The van der Waals surface area contributed by atoms with Crippen molar-refractivity contribution in [2.24, 2.45) is 0 Å². The molecule has 1 N–H and O–H groups in total. The third-order valence-corrected chi connectivity index (χ3v) is 4.98. The zero-order chi connectivity index (χ0) is 18.5. The molecule has 26 heavy (non-hydrogen) atoms. The van der Waals surface area contributed by atoms with Crippen LogP contribution < -0.4 is 15.8 Å². The van der Waals surface area contributed by atoms with Gasteiger partial charge in [0.2, 0.25) is 5.91 Å². The van der Waals surface area contributed by atoms with E-state index in [1.807, 2.05) is 11.8 Å². The molecule has 1 aromatic heterocycles. The highest BCUT2D eigenvalue weighted by molar-refractivity contribution is 7.99. The number of Topliss-reactive ketones (excluding diaryl/α,β-unsaturated/α-hetero) is 1. The maximum atomic E-state index is 12.3. The van der Waals surface area contributed by atoms with Crippen molar-refractivity contribution in [1.82, 2.24) is 9.78 Å². The first-order valence-corrected chi connectivity index (χ1v) is 9.50. The molecule has 7 nitrogen and oxygen atoms in total. The average Bonchev–Trinajstić information content (AvgIpc) is 2.64. The summed E-state index contributed by atoms with van der Waals surface area (Å²) in [5.74, 6) is 2.30. The number of carbonyl (C=O) groups is 2. The van der Waals surface area contributed by atoms with Gasteiger partial charge in [0.25, 0.3) is 5.56 Å². The van der Waals surface area contributed by atoms with Crippen LogP contribution in [0.2, 0.25) is 0 Å². The van der Waals surface area contributed by atoms with Gasteiger partial charge in [-0.1, -0.05) is 12.1 Å². The Balaban J connectivity index is 1.71. The topological polar surface area (TPSA) is 84.3 Å². The zero-order valence-electron chi connectivity index (χ0n) is 14.5. The molecule has 8 heteroatoms. The van der Waals surface area contributed by atoms with Crippen molar-refractivity contribution in [2.75, 3.05) is 34.8 Å². The van der Waals surface area contributed by atoms with Crippen molar-refractivity contribution >= 4 is 35.0 Å². The smallest absolute Gasteiger partial charge is 0.267 e. The summed E-state index contributed by atoms with van der Waals surface area (Å²) in [6.07, 6.45) is 0. The van der Waals surface area contributed by atoms with Gasteiger partial charge in [-0.05, 0) is 25.1 Å². The number of ketones is 1. The van der Waals surface area contributed by atoms with Gasteiger partial charge >= 0.3 is 0 Å². The fourth-order valence-electron chi connectivity index (χ4n) is 2.67. The molecule has 1 aliphatic rings. The number of hydrogen-bond acceptors (Lipinski definition) is 6. The van der Waals surface area contributed by atoms with Crippen LogP contribution in [0.1, 0.15) is 17.3 Å². The monoisotopic (exact) mass is 372 g/mol. The SMILES string of the molecule is CC(=O)c1cccc(NC(=O)Cn2nc(N3CCSCC3)ccc2=O)c1. The molecule has 2 heterocycles. The van der Waals surface area contributed by atoms with Crippen molar-refractivity contribution in [1.29, 1.82) is 0 Å². The van der Waals surface area contributed by atoms with E-state index in [2.05, 4.69) is 15.3 Å². The Morgan fingerprint density at radius 1 is 1.19 bits per heavy atom. The van der Waals surface area contributed by atoms with E-state index in [-0.39, 0.29) is 23.8 Å². The van der Waals surface area contributed by atoms with E-state index in [0.29, 0.717) is 17.1 Å². The van der Waals surface area contributed by atoms with E-state index in [9.17, 15) is 14.4 Å². The quantitative estimate of drug-likeness (QED) is 0.803. The predicted octanol–water partition coefficient (Wildman–Crippen LogP) is 1.64. The highest BCUT2D eigenvalue weighted by Gasteiger charge is 2.14. The minimum absolute atomic E-state index is 0.0774. The highest BCUT2D eigenvalue weighted by Crippen LogP contribution is 2.15. The van der Waals surface area contributed by atoms with Crippen LogP contribution in [0, 0.1) is 0 Å². The van der Waals surface area contributed by atoms with Crippen LogP contribution in [0.3, 0.4) is 0 Å². The number of aromatic nitrogens is 2. The minimum Gasteiger partial charge on any atom is -0.354 e. The molecule has 1 aliphatic heterocycles. The molecule has 1 aromatic carbocycles. The Morgan fingerprint density at radius 3 is 2.69 bits per heavy atom. The molecular weight excluding hydrogens is 352 g/mol. The van der Waals surface area contributed by atoms with Crippen LogP contribution in [0.15, 0.2) is 41.2 Å². The highest BCUT2D eigenvalue weighted by atomic mass is 32.2. The first-order chi connectivity index (χ1) is 12.5. The fraction of sp³-hybridized carbons (Fsp3) is 0.333. The van der Waals surface area contributed by atoms with Gasteiger partial charge < -0.3 is 10.2 Å². The molecule has 1 fully saturated rings. The molecule has 0 radical (unpaired) electrons. The van der Waals surface area contributed by atoms with Crippen molar-refractivity contribution < 1.29 is 9.59 Å². The molecule has 0 unspecified atom stereocenters.